The average molecular weight is 629 g/mol. The number of carbonyl (C=O) groups excluding carboxylic acids is 3. The van der Waals surface area contributed by atoms with Gasteiger partial charge in [-0.2, -0.15) is 0 Å². The predicted octanol–water partition coefficient (Wildman–Crippen LogP) is 5.37. The van der Waals surface area contributed by atoms with Gasteiger partial charge in [0.15, 0.2) is 0 Å². The molecule has 9 heteroatoms. The number of amides is 3. The Labute approximate surface area is 269 Å². The van der Waals surface area contributed by atoms with E-state index >= 15 is 0 Å². The number of rotatable bonds is 10. The Morgan fingerprint density at radius 2 is 1.64 bits per heavy atom. The topological polar surface area (TPSA) is 82.2 Å². The third kappa shape index (κ3) is 8.90. The first-order valence-corrected chi connectivity index (χ1v) is 17.4. The summed E-state index contributed by atoms with van der Waals surface area (Å²) in [5, 5.41) is 3.64. The van der Waals surface area contributed by atoms with E-state index in [0.717, 1.165) is 80.9 Å². The fourth-order valence-corrected chi connectivity index (χ4v) is 8.75. The molecule has 2 bridgehead atoms. The third-order valence-electron chi connectivity index (χ3n) is 10.8. The van der Waals surface area contributed by atoms with Crippen LogP contribution in [0.2, 0.25) is 5.02 Å². The summed E-state index contributed by atoms with van der Waals surface area (Å²) in [6.07, 6.45) is 9.99. The van der Waals surface area contributed by atoms with Crippen molar-refractivity contribution in [3.63, 3.8) is 0 Å². The van der Waals surface area contributed by atoms with E-state index in [-0.39, 0.29) is 29.7 Å². The molecular weight excluding hydrogens is 576 g/mol. The van der Waals surface area contributed by atoms with E-state index in [1.807, 2.05) is 28.0 Å². The molecule has 4 fully saturated rings. The lowest BCUT2D eigenvalue weighted by Crippen LogP contribution is -2.51. The number of fused-ring (bicyclic) bond motifs is 2. The molecule has 0 radical (unpaired) electrons. The molecule has 1 aromatic carbocycles. The van der Waals surface area contributed by atoms with Crippen molar-refractivity contribution in [1.29, 1.82) is 0 Å². The number of ether oxygens (including phenoxy) is 1. The predicted molar refractivity (Wildman–Crippen MR) is 173 cm³/mol. The van der Waals surface area contributed by atoms with Crippen LogP contribution in [-0.4, -0.2) is 84.8 Å². The second-order valence-electron chi connectivity index (χ2n) is 14.6. The third-order valence-corrected chi connectivity index (χ3v) is 11.1. The van der Waals surface area contributed by atoms with Crippen molar-refractivity contribution in [2.45, 2.75) is 85.1 Å². The summed E-state index contributed by atoms with van der Waals surface area (Å²) in [6.45, 7) is 12.0. The quantitative estimate of drug-likeness (QED) is 0.377. The fourth-order valence-electron chi connectivity index (χ4n) is 8.56. The van der Waals surface area contributed by atoms with Crippen LogP contribution in [0.25, 0.3) is 0 Å². The molecule has 2 aliphatic heterocycles. The fraction of sp³-hybridized carbons (Fsp3) is 0.743. The highest BCUT2D eigenvalue weighted by molar-refractivity contribution is 6.30. The molecular formula is C35H53ClN4O4. The van der Waals surface area contributed by atoms with E-state index in [0.29, 0.717) is 43.6 Å². The summed E-state index contributed by atoms with van der Waals surface area (Å²) in [4.78, 5) is 43.7. The molecule has 2 aliphatic carbocycles. The lowest BCUT2D eigenvalue weighted by Gasteiger charge is -2.47. The Bertz CT molecular complexity index is 1150. The molecule has 2 heterocycles. The van der Waals surface area contributed by atoms with Crippen molar-refractivity contribution in [2.24, 2.45) is 29.1 Å². The molecule has 2 saturated carbocycles. The van der Waals surface area contributed by atoms with E-state index < -0.39 is 0 Å². The van der Waals surface area contributed by atoms with E-state index in [1.165, 1.54) is 25.7 Å². The minimum atomic E-state index is -0.00273. The van der Waals surface area contributed by atoms with E-state index in [4.69, 9.17) is 16.3 Å². The number of nitrogens with one attached hydrogen (secondary N) is 1. The maximum absolute atomic E-state index is 13.0. The highest BCUT2D eigenvalue weighted by atomic mass is 35.5. The van der Waals surface area contributed by atoms with Crippen molar-refractivity contribution in [3.05, 3.63) is 28.8 Å². The minimum absolute atomic E-state index is 0.00273. The molecule has 44 heavy (non-hydrogen) atoms. The number of likely N-dealkylation sites (tertiary alicyclic amines) is 1. The SMILES string of the molecule is CCC1CC2CC(C1)CC(C)(CC(=O)NCC(=O)N1CCN(Cc3cc(Cl)ccc3OCC3CCN(C(C)=O)CC3)CC1)C2. The van der Waals surface area contributed by atoms with Crippen LogP contribution in [0.4, 0.5) is 0 Å². The molecule has 5 rings (SSSR count). The Hall–Kier alpha value is -2.32. The summed E-state index contributed by atoms with van der Waals surface area (Å²) in [5.41, 5.74) is 1.11. The minimum Gasteiger partial charge on any atom is -0.493 e. The smallest absolute Gasteiger partial charge is 0.242 e. The number of piperidine rings is 1. The molecule has 2 unspecified atom stereocenters. The second-order valence-corrected chi connectivity index (χ2v) is 15.0. The van der Waals surface area contributed by atoms with Gasteiger partial charge in [0.25, 0.3) is 0 Å². The van der Waals surface area contributed by atoms with Gasteiger partial charge in [-0.05, 0) is 92.2 Å². The molecule has 2 saturated heterocycles. The van der Waals surface area contributed by atoms with Crippen LogP contribution in [0.15, 0.2) is 18.2 Å². The second kappa shape index (κ2) is 14.8. The van der Waals surface area contributed by atoms with Crippen molar-refractivity contribution in [1.82, 2.24) is 20.0 Å². The highest BCUT2D eigenvalue weighted by Gasteiger charge is 2.42. The van der Waals surface area contributed by atoms with Crippen LogP contribution in [0, 0.1) is 29.1 Å². The van der Waals surface area contributed by atoms with Crippen molar-refractivity contribution in [3.8, 4) is 5.75 Å². The largest absolute Gasteiger partial charge is 0.493 e. The summed E-state index contributed by atoms with van der Waals surface area (Å²) in [7, 11) is 0. The van der Waals surface area contributed by atoms with E-state index in [2.05, 4.69) is 24.1 Å². The van der Waals surface area contributed by atoms with Crippen LogP contribution >= 0.6 is 11.6 Å². The van der Waals surface area contributed by atoms with Crippen LogP contribution in [0.1, 0.15) is 84.1 Å². The van der Waals surface area contributed by atoms with Crippen molar-refractivity contribution >= 4 is 29.3 Å². The Kier molecular flexibility index (Phi) is 11.2. The summed E-state index contributed by atoms with van der Waals surface area (Å²) < 4.78 is 6.28. The average Bonchev–Trinajstić information content (AvgIpc) is 2.99. The first kappa shape index (κ1) is 33.1. The molecule has 244 valence electrons. The van der Waals surface area contributed by atoms with Gasteiger partial charge in [-0.25, -0.2) is 0 Å². The van der Waals surface area contributed by atoms with Crippen LogP contribution in [0.5, 0.6) is 5.75 Å². The van der Waals surface area contributed by atoms with Gasteiger partial charge in [0.1, 0.15) is 5.75 Å². The molecule has 1 N–H and O–H groups in total. The summed E-state index contributed by atoms with van der Waals surface area (Å²) in [5.74, 6) is 3.83. The zero-order chi connectivity index (χ0) is 31.3. The highest BCUT2D eigenvalue weighted by Crippen LogP contribution is 2.52. The van der Waals surface area contributed by atoms with E-state index in [9.17, 15) is 14.4 Å². The number of hydrogen-bond donors (Lipinski definition) is 1. The maximum atomic E-state index is 13.0. The van der Waals surface area contributed by atoms with Gasteiger partial charge in [0.05, 0.1) is 13.2 Å². The summed E-state index contributed by atoms with van der Waals surface area (Å²) in [6, 6.07) is 5.79. The molecule has 3 amide bonds. The van der Waals surface area contributed by atoms with Gasteiger partial charge in [0, 0.05) is 69.7 Å². The number of hydrogen-bond acceptors (Lipinski definition) is 5. The van der Waals surface area contributed by atoms with Gasteiger partial charge < -0.3 is 19.9 Å². The lowest BCUT2D eigenvalue weighted by atomic mass is 9.58. The number of benzene rings is 1. The number of piperazine rings is 1. The Morgan fingerprint density at radius 3 is 2.27 bits per heavy atom. The zero-order valence-corrected chi connectivity index (χ0v) is 27.9. The Morgan fingerprint density at radius 1 is 0.955 bits per heavy atom. The van der Waals surface area contributed by atoms with E-state index in [1.54, 1.807) is 6.92 Å². The summed E-state index contributed by atoms with van der Waals surface area (Å²) >= 11 is 6.36. The normalized spacial score (nSPS) is 28.0. The van der Waals surface area contributed by atoms with Crippen LogP contribution in [0.3, 0.4) is 0 Å². The first-order chi connectivity index (χ1) is 21.1. The standard InChI is InChI=1S/C35H53ClN4O4/c1-4-26-15-28-17-29(16-26)20-35(3,19-28)21-33(42)37-22-34(43)40-13-11-38(12-14-40)23-30-18-31(36)5-6-32(30)44-24-27-7-9-39(10-8-27)25(2)41/h5-6,18,26-29H,4,7-17,19-24H2,1-3H3,(H,37,42). The molecule has 2 atom stereocenters. The molecule has 0 aromatic heterocycles. The molecule has 0 spiro atoms. The number of halogens is 1. The van der Waals surface area contributed by atoms with Crippen LogP contribution in [-0.2, 0) is 20.9 Å². The number of carbonyl (C=O) groups is 3. The first-order valence-electron chi connectivity index (χ1n) is 17.0. The van der Waals surface area contributed by atoms with Crippen LogP contribution < -0.4 is 10.1 Å². The molecule has 8 nitrogen and oxygen atoms in total. The van der Waals surface area contributed by atoms with Gasteiger partial charge in [-0.3, -0.25) is 19.3 Å². The molecule has 1 aromatic rings. The van der Waals surface area contributed by atoms with Gasteiger partial charge >= 0.3 is 0 Å². The number of nitrogens with zero attached hydrogens (tertiary/aromatic N) is 3. The van der Waals surface area contributed by atoms with Gasteiger partial charge in [-0.1, -0.05) is 31.9 Å². The van der Waals surface area contributed by atoms with Gasteiger partial charge in [-0.15, -0.1) is 0 Å². The van der Waals surface area contributed by atoms with Crippen molar-refractivity contribution in [2.75, 3.05) is 52.4 Å². The monoisotopic (exact) mass is 628 g/mol. The van der Waals surface area contributed by atoms with Crippen molar-refractivity contribution < 1.29 is 19.1 Å². The maximum Gasteiger partial charge on any atom is 0.242 e. The Balaban J connectivity index is 1.03. The van der Waals surface area contributed by atoms with Gasteiger partial charge in [0.2, 0.25) is 17.7 Å². The molecule has 4 aliphatic rings. The lowest BCUT2D eigenvalue weighted by molar-refractivity contribution is -0.135. The zero-order valence-electron chi connectivity index (χ0n) is 27.1.